The van der Waals surface area contributed by atoms with Crippen LogP contribution in [0, 0.1) is 5.41 Å². The van der Waals surface area contributed by atoms with Gasteiger partial charge in [-0.1, -0.05) is 44.2 Å². The third-order valence-corrected chi connectivity index (χ3v) is 4.82. The van der Waals surface area contributed by atoms with Gasteiger partial charge in [0, 0.05) is 32.1 Å². The van der Waals surface area contributed by atoms with Gasteiger partial charge in [0.2, 0.25) is 0 Å². The maximum Gasteiger partial charge on any atom is 0.435 e. The number of carbonyl (C=O) groups excluding carboxylic acids is 1. The molecule has 0 saturated carbocycles. The lowest BCUT2D eigenvalue weighted by atomic mass is 9.78. The molecule has 0 N–H and O–H groups in total. The fourth-order valence-electron chi connectivity index (χ4n) is 3.50. The highest BCUT2D eigenvalue weighted by molar-refractivity contribution is 5.93. The van der Waals surface area contributed by atoms with Gasteiger partial charge >= 0.3 is 6.18 Å². The highest BCUT2D eigenvalue weighted by Crippen LogP contribution is 2.42. The Morgan fingerprint density at radius 3 is 2.44 bits per heavy atom. The normalized spacial score (nSPS) is 20.1. The molecule has 134 valence electrons. The minimum atomic E-state index is -4.56. The Kier molecular flexibility index (Phi) is 4.13. The molecule has 1 saturated heterocycles. The maximum atomic E-state index is 12.8. The lowest BCUT2D eigenvalue weighted by molar-refractivity contribution is -0.141. The number of alkyl halides is 3. The second-order valence-corrected chi connectivity index (χ2v) is 7.17. The van der Waals surface area contributed by atoms with Crippen molar-refractivity contribution in [1.82, 2.24) is 14.7 Å². The molecule has 0 bridgehead atoms. The summed E-state index contributed by atoms with van der Waals surface area (Å²) in [6.45, 7) is 5.10. The number of amides is 1. The summed E-state index contributed by atoms with van der Waals surface area (Å²) in [6, 6.07) is 10.7. The van der Waals surface area contributed by atoms with Gasteiger partial charge in [-0.2, -0.15) is 18.3 Å². The topological polar surface area (TPSA) is 38.1 Å². The summed E-state index contributed by atoms with van der Waals surface area (Å²) in [6.07, 6.45) is -4.56. The number of rotatable bonds is 2. The van der Waals surface area contributed by atoms with Crippen LogP contribution in [0.1, 0.15) is 41.5 Å². The number of hydrogen-bond acceptors (Lipinski definition) is 2. The van der Waals surface area contributed by atoms with Crippen LogP contribution < -0.4 is 0 Å². The molecule has 0 aliphatic carbocycles. The maximum absolute atomic E-state index is 12.8. The van der Waals surface area contributed by atoms with Crippen molar-refractivity contribution in [3.63, 3.8) is 0 Å². The molecule has 1 aromatic heterocycles. The molecule has 1 aliphatic heterocycles. The molecule has 25 heavy (non-hydrogen) atoms. The van der Waals surface area contributed by atoms with Crippen LogP contribution >= 0.6 is 0 Å². The first-order chi connectivity index (χ1) is 11.6. The third kappa shape index (κ3) is 3.27. The first-order valence-electron chi connectivity index (χ1n) is 8.05. The van der Waals surface area contributed by atoms with Crippen molar-refractivity contribution < 1.29 is 18.0 Å². The molecule has 1 aromatic carbocycles. The Morgan fingerprint density at radius 1 is 1.24 bits per heavy atom. The van der Waals surface area contributed by atoms with Gasteiger partial charge in [0.25, 0.3) is 5.91 Å². The number of nitrogens with zero attached hydrogens (tertiary/aromatic N) is 3. The van der Waals surface area contributed by atoms with Crippen molar-refractivity contribution >= 4 is 5.91 Å². The molecule has 0 spiro atoms. The van der Waals surface area contributed by atoms with Gasteiger partial charge in [0.1, 0.15) is 5.69 Å². The average Bonchev–Trinajstić information content (AvgIpc) is 3.07. The van der Waals surface area contributed by atoms with Crippen molar-refractivity contribution in [2.24, 2.45) is 12.5 Å². The fourth-order valence-corrected chi connectivity index (χ4v) is 3.50. The van der Waals surface area contributed by atoms with Crippen LogP contribution in [0.5, 0.6) is 0 Å². The molecule has 1 atom stereocenters. The second-order valence-electron chi connectivity index (χ2n) is 7.17. The van der Waals surface area contributed by atoms with Gasteiger partial charge in [-0.3, -0.25) is 9.48 Å². The third-order valence-electron chi connectivity index (χ3n) is 4.82. The van der Waals surface area contributed by atoms with E-state index < -0.39 is 17.8 Å². The minimum absolute atomic E-state index is 0.0446. The van der Waals surface area contributed by atoms with E-state index in [0.717, 1.165) is 16.3 Å². The molecule has 0 radical (unpaired) electrons. The van der Waals surface area contributed by atoms with Crippen molar-refractivity contribution in [2.75, 3.05) is 13.1 Å². The summed E-state index contributed by atoms with van der Waals surface area (Å²) >= 11 is 0. The summed E-state index contributed by atoms with van der Waals surface area (Å²) in [4.78, 5) is 14.4. The summed E-state index contributed by atoms with van der Waals surface area (Å²) in [7, 11) is 1.36. The summed E-state index contributed by atoms with van der Waals surface area (Å²) in [5, 5.41) is 3.43. The Hall–Kier alpha value is -2.31. The molecule has 4 nitrogen and oxygen atoms in total. The van der Waals surface area contributed by atoms with Crippen LogP contribution in [-0.2, 0) is 13.2 Å². The van der Waals surface area contributed by atoms with Gasteiger partial charge in [0.05, 0.1) is 0 Å². The molecule has 1 unspecified atom stereocenters. The Labute approximate surface area is 144 Å². The predicted octanol–water partition coefficient (Wildman–Crippen LogP) is 3.70. The highest BCUT2D eigenvalue weighted by Gasteiger charge is 2.43. The van der Waals surface area contributed by atoms with E-state index in [4.69, 9.17) is 0 Å². The van der Waals surface area contributed by atoms with Gasteiger partial charge in [-0.25, -0.2) is 0 Å². The van der Waals surface area contributed by atoms with Crippen LogP contribution in [0.3, 0.4) is 0 Å². The smallest absolute Gasteiger partial charge is 0.336 e. The number of carbonyl (C=O) groups is 1. The van der Waals surface area contributed by atoms with Crippen LogP contribution in [0.4, 0.5) is 13.2 Å². The van der Waals surface area contributed by atoms with Gasteiger partial charge in [-0.05, 0) is 11.0 Å². The number of halogens is 3. The van der Waals surface area contributed by atoms with E-state index in [1.165, 1.54) is 7.05 Å². The first-order valence-corrected chi connectivity index (χ1v) is 8.05. The average molecular weight is 351 g/mol. The molecule has 1 amide bonds. The molecular weight excluding hydrogens is 331 g/mol. The lowest BCUT2D eigenvalue weighted by Gasteiger charge is -2.25. The fraction of sp³-hybridized carbons (Fsp3) is 0.444. The van der Waals surface area contributed by atoms with E-state index in [2.05, 4.69) is 18.9 Å². The molecular formula is C18H20F3N3O. The number of likely N-dealkylation sites (tertiary alicyclic amines) is 1. The molecule has 2 aromatic rings. The molecule has 2 heterocycles. The summed E-state index contributed by atoms with van der Waals surface area (Å²) in [5.41, 5.74) is -0.125. The minimum Gasteiger partial charge on any atom is -0.336 e. The summed E-state index contributed by atoms with van der Waals surface area (Å²) < 4.78 is 39.5. The zero-order valence-corrected chi connectivity index (χ0v) is 14.3. The zero-order chi connectivity index (χ0) is 18.4. The Morgan fingerprint density at radius 2 is 1.88 bits per heavy atom. The largest absolute Gasteiger partial charge is 0.435 e. The van der Waals surface area contributed by atoms with Gasteiger partial charge < -0.3 is 4.90 Å². The quantitative estimate of drug-likeness (QED) is 0.827. The Balaban J connectivity index is 1.86. The molecule has 1 fully saturated rings. The van der Waals surface area contributed by atoms with Crippen molar-refractivity contribution in [2.45, 2.75) is 25.9 Å². The zero-order valence-electron chi connectivity index (χ0n) is 14.3. The van der Waals surface area contributed by atoms with E-state index >= 15 is 0 Å². The van der Waals surface area contributed by atoms with Crippen molar-refractivity contribution in [3.8, 4) is 0 Å². The molecule has 1 aliphatic rings. The highest BCUT2D eigenvalue weighted by atomic mass is 19.4. The first kappa shape index (κ1) is 17.5. The van der Waals surface area contributed by atoms with E-state index in [1.54, 1.807) is 4.90 Å². The number of aryl methyl sites for hydroxylation is 1. The SMILES string of the molecule is Cn1nc(C(F)(F)F)cc1C(=O)N1CC(c2ccccc2)C(C)(C)C1. The number of aromatic nitrogens is 2. The van der Waals surface area contributed by atoms with Crippen LogP contribution in [0.15, 0.2) is 36.4 Å². The van der Waals surface area contributed by atoms with E-state index in [1.807, 2.05) is 30.3 Å². The van der Waals surface area contributed by atoms with Crippen LogP contribution in [0.2, 0.25) is 0 Å². The monoisotopic (exact) mass is 351 g/mol. The van der Waals surface area contributed by atoms with Crippen molar-refractivity contribution in [1.29, 1.82) is 0 Å². The molecule has 3 rings (SSSR count). The van der Waals surface area contributed by atoms with Crippen molar-refractivity contribution in [3.05, 3.63) is 53.3 Å². The second kappa shape index (κ2) is 5.89. The van der Waals surface area contributed by atoms with E-state index in [9.17, 15) is 18.0 Å². The van der Waals surface area contributed by atoms with Gasteiger partial charge in [-0.15, -0.1) is 0 Å². The Bertz CT molecular complexity index is 781. The van der Waals surface area contributed by atoms with E-state index in [-0.39, 0.29) is 17.0 Å². The summed E-state index contributed by atoms with van der Waals surface area (Å²) in [5.74, 6) is -0.287. The molecule has 7 heteroatoms. The van der Waals surface area contributed by atoms with Crippen LogP contribution in [0.25, 0.3) is 0 Å². The number of hydrogen-bond donors (Lipinski definition) is 0. The van der Waals surface area contributed by atoms with E-state index in [0.29, 0.717) is 13.1 Å². The predicted molar refractivity (Wildman–Crippen MR) is 87.1 cm³/mol. The van der Waals surface area contributed by atoms with Gasteiger partial charge in [0.15, 0.2) is 5.69 Å². The number of benzene rings is 1. The lowest BCUT2D eigenvalue weighted by Crippen LogP contribution is -2.31. The standard InChI is InChI=1S/C18H20F3N3O/c1-17(2)11-24(10-13(17)12-7-5-4-6-8-12)16(25)14-9-15(18(19,20)21)22-23(14)3/h4-9,13H,10-11H2,1-3H3. The van der Waals surface area contributed by atoms with Crippen LogP contribution in [-0.4, -0.2) is 33.7 Å².